The molecule has 2 aromatic rings. The van der Waals surface area contributed by atoms with Crippen molar-refractivity contribution in [3.8, 4) is 5.75 Å². The molecule has 1 unspecified atom stereocenters. The van der Waals surface area contributed by atoms with E-state index >= 15 is 0 Å². The summed E-state index contributed by atoms with van der Waals surface area (Å²) in [7, 11) is 0. The van der Waals surface area contributed by atoms with Crippen LogP contribution in [-0.2, 0) is 30.4 Å². The van der Waals surface area contributed by atoms with Crippen molar-refractivity contribution in [1.29, 1.82) is 0 Å². The molecule has 0 saturated heterocycles. The molecule has 7 nitrogen and oxygen atoms in total. The Hall–Kier alpha value is -3.35. The summed E-state index contributed by atoms with van der Waals surface area (Å²) in [6.45, 7) is 3.72. The average Bonchev–Trinajstić information content (AvgIpc) is 2.71. The van der Waals surface area contributed by atoms with E-state index in [1.807, 2.05) is 30.3 Å². The Morgan fingerprint density at radius 1 is 0.966 bits per heavy atom. The molecule has 0 aromatic heterocycles. The number of ether oxygens (including phenoxy) is 3. The molecule has 0 amide bonds. The van der Waals surface area contributed by atoms with Gasteiger partial charge in [-0.2, -0.15) is 0 Å². The number of rotatable bonds is 7. The molecule has 0 spiro atoms. The summed E-state index contributed by atoms with van der Waals surface area (Å²) in [5.74, 6) is -3.42. The van der Waals surface area contributed by atoms with Crippen molar-refractivity contribution in [2.45, 2.75) is 26.4 Å². The van der Waals surface area contributed by atoms with E-state index in [0.717, 1.165) is 5.56 Å². The summed E-state index contributed by atoms with van der Waals surface area (Å²) in [5.41, 5.74) is 1.52. The fourth-order valence-electron chi connectivity index (χ4n) is 3.32. The van der Waals surface area contributed by atoms with Crippen LogP contribution in [0.1, 0.15) is 19.4 Å². The molecular weight excluding hydrogens is 374 g/mol. The van der Waals surface area contributed by atoms with Crippen LogP contribution in [0.15, 0.2) is 54.6 Å². The van der Waals surface area contributed by atoms with Gasteiger partial charge in [0.1, 0.15) is 0 Å². The first kappa shape index (κ1) is 20.4. The second-order valence-corrected chi connectivity index (χ2v) is 6.43. The minimum atomic E-state index is -1.46. The summed E-state index contributed by atoms with van der Waals surface area (Å²) >= 11 is 0. The predicted molar refractivity (Wildman–Crippen MR) is 105 cm³/mol. The Balaban J connectivity index is 2.07. The van der Waals surface area contributed by atoms with Gasteiger partial charge in [-0.1, -0.05) is 42.5 Å². The number of para-hydroxylation sites is 2. The normalized spacial score (nSPS) is 15.5. The molecular formula is C22H23NO6. The van der Waals surface area contributed by atoms with Gasteiger partial charge >= 0.3 is 17.9 Å². The third-order valence-electron chi connectivity index (χ3n) is 4.56. The zero-order valence-electron chi connectivity index (χ0n) is 16.4. The van der Waals surface area contributed by atoms with Crippen LogP contribution in [-0.4, -0.2) is 37.2 Å². The smallest absolute Gasteiger partial charge is 0.335 e. The number of carbonyl (C=O) groups is 3. The third kappa shape index (κ3) is 4.39. The van der Waals surface area contributed by atoms with E-state index in [-0.39, 0.29) is 13.2 Å². The molecule has 29 heavy (non-hydrogen) atoms. The number of benzene rings is 2. The van der Waals surface area contributed by atoms with Crippen LogP contribution in [0.25, 0.3) is 0 Å². The fraction of sp³-hybridized carbons (Fsp3) is 0.318. The maximum atomic E-state index is 12.9. The lowest BCUT2D eigenvalue weighted by Gasteiger charge is -2.39. The molecule has 7 heteroatoms. The predicted octanol–water partition coefficient (Wildman–Crippen LogP) is 2.72. The van der Waals surface area contributed by atoms with Crippen LogP contribution in [0.3, 0.4) is 0 Å². The number of carbonyl (C=O) groups excluding carboxylic acids is 3. The second kappa shape index (κ2) is 9.23. The van der Waals surface area contributed by atoms with Crippen LogP contribution in [0, 0.1) is 5.92 Å². The largest absolute Gasteiger partial charge is 0.465 e. The number of hydrogen-bond acceptors (Lipinski definition) is 7. The van der Waals surface area contributed by atoms with E-state index in [2.05, 4.69) is 0 Å². The molecule has 1 heterocycles. The van der Waals surface area contributed by atoms with E-state index in [9.17, 15) is 14.4 Å². The van der Waals surface area contributed by atoms with Gasteiger partial charge in [0.2, 0.25) is 0 Å². The lowest BCUT2D eigenvalue weighted by Crippen LogP contribution is -2.55. The number of fused-ring (bicyclic) bond motifs is 1. The molecule has 0 aliphatic carbocycles. The monoisotopic (exact) mass is 397 g/mol. The number of hydrogen-bond donors (Lipinski definition) is 0. The van der Waals surface area contributed by atoms with E-state index in [4.69, 9.17) is 14.2 Å². The zero-order chi connectivity index (χ0) is 20.8. The quantitative estimate of drug-likeness (QED) is 0.404. The Morgan fingerprint density at radius 3 is 2.17 bits per heavy atom. The lowest BCUT2D eigenvalue weighted by atomic mass is 9.95. The molecule has 0 bridgehead atoms. The zero-order valence-corrected chi connectivity index (χ0v) is 16.4. The molecule has 1 atom stereocenters. The van der Waals surface area contributed by atoms with Crippen molar-refractivity contribution < 1.29 is 28.6 Å². The first-order valence-corrected chi connectivity index (χ1v) is 9.51. The first-order valence-electron chi connectivity index (χ1n) is 9.51. The summed E-state index contributed by atoms with van der Waals surface area (Å²) in [5, 5.41) is 0. The van der Waals surface area contributed by atoms with Crippen molar-refractivity contribution >= 4 is 23.6 Å². The highest BCUT2D eigenvalue weighted by molar-refractivity contribution is 6.03. The molecule has 0 saturated carbocycles. The molecule has 152 valence electrons. The molecule has 0 radical (unpaired) electrons. The summed E-state index contributed by atoms with van der Waals surface area (Å²) in [6, 6.07) is 15.3. The van der Waals surface area contributed by atoms with Gasteiger partial charge in [-0.25, -0.2) is 4.79 Å². The van der Waals surface area contributed by atoms with E-state index in [0.29, 0.717) is 18.0 Å². The molecule has 3 rings (SSSR count). The third-order valence-corrected chi connectivity index (χ3v) is 4.56. The minimum Gasteiger partial charge on any atom is -0.465 e. The van der Waals surface area contributed by atoms with Crippen molar-refractivity contribution in [2.75, 3.05) is 18.1 Å². The molecule has 0 N–H and O–H groups in total. The number of anilines is 1. The lowest BCUT2D eigenvalue weighted by molar-refractivity contribution is -0.166. The highest BCUT2D eigenvalue weighted by Crippen LogP contribution is 2.37. The number of nitrogens with zero attached hydrogens (tertiary/aromatic N) is 1. The van der Waals surface area contributed by atoms with Crippen molar-refractivity contribution in [1.82, 2.24) is 0 Å². The minimum absolute atomic E-state index is 0.0752. The second-order valence-electron chi connectivity index (χ2n) is 6.43. The summed E-state index contributed by atoms with van der Waals surface area (Å²) < 4.78 is 15.6. The number of esters is 3. The molecule has 1 aliphatic rings. The standard InChI is InChI=1S/C22H23NO6/c1-3-27-20(24)18(21(25)28-4-2)19-22(26)29-17-13-9-8-12-16(17)23(19)14-15-10-6-5-7-11-15/h5-13,18-19H,3-4,14H2,1-2H3. The average molecular weight is 397 g/mol. The van der Waals surface area contributed by atoms with Crippen LogP contribution in [0.4, 0.5) is 5.69 Å². The van der Waals surface area contributed by atoms with Gasteiger partial charge in [0.05, 0.1) is 18.9 Å². The molecule has 1 aliphatic heterocycles. The summed E-state index contributed by atoms with van der Waals surface area (Å²) in [6.07, 6.45) is 0. The topological polar surface area (TPSA) is 82.1 Å². The van der Waals surface area contributed by atoms with Crippen LogP contribution in [0.2, 0.25) is 0 Å². The van der Waals surface area contributed by atoms with Gasteiger partial charge in [0.25, 0.3) is 0 Å². The van der Waals surface area contributed by atoms with Gasteiger partial charge in [0, 0.05) is 6.54 Å². The van der Waals surface area contributed by atoms with Gasteiger partial charge in [-0.15, -0.1) is 0 Å². The van der Waals surface area contributed by atoms with Crippen molar-refractivity contribution in [2.24, 2.45) is 5.92 Å². The van der Waals surface area contributed by atoms with Crippen LogP contribution >= 0.6 is 0 Å². The van der Waals surface area contributed by atoms with E-state index < -0.39 is 29.9 Å². The Morgan fingerprint density at radius 2 is 1.55 bits per heavy atom. The summed E-state index contributed by atoms with van der Waals surface area (Å²) in [4.78, 5) is 40.0. The van der Waals surface area contributed by atoms with E-state index in [1.165, 1.54) is 0 Å². The maximum Gasteiger partial charge on any atom is 0.335 e. The van der Waals surface area contributed by atoms with Gasteiger partial charge < -0.3 is 19.1 Å². The van der Waals surface area contributed by atoms with Gasteiger partial charge in [0.15, 0.2) is 17.7 Å². The van der Waals surface area contributed by atoms with Gasteiger partial charge in [-0.05, 0) is 31.5 Å². The Labute approximate surface area is 169 Å². The van der Waals surface area contributed by atoms with Crippen LogP contribution < -0.4 is 9.64 Å². The fourth-order valence-corrected chi connectivity index (χ4v) is 3.32. The molecule has 2 aromatic carbocycles. The van der Waals surface area contributed by atoms with Gasteiger partial charge in [-0.3, -0.25) is 9.59 Å². The first-order chi connectivity index (χ1) is 14.1. The maximum absolute atomic E-state index is 12.9. The Kier molecular flexibility index (Phi) is 6.49. The molecule has 0 fully saturated rings. The van der Waals surface area contributed by atoms with E-state index in [1.54, 1.807) is 43.0 Å². The SMILES string of the molecule is CCOC(=O)C(C(=O)OCC)C1C(=O)Oc2ccccc2N1Cc1ccccc1. The highest BCUT2D eigenvalue weighted by atomic mass is 16.6. The van der Waals surface area contributed by atoms with Crippen molar-refractivity contribution in [3.63, 3.8) is 0 Å². The van der Waals surface area contributed by atoms with Crippen LogP contribution in [0.5, 0.6) is 5.75 Å². The Bertz CT molecular complexity index is 864. The van der Waals surface area contributed by atoms with Crippen molar-refractivity contribution in [3.05, 3.63) is 60.2 Å². The highest BCUT2D eigenvalue weighted by Gasteiger charge is 2.49.